The molecule has 4 rings (SSSR count). The van der Waals surface area contributed by atoms with E-state index >= 15 is 0 Å². The third kappa shape index (κ3) is 2.94. The largest absolute Gasteiger partial charge is 0.339 e. The third-order valence-electron chi connectivity index (χ3n) is 4.57. The minimum atomic E-state index is -0.0307. The van der Waals surface area contributed by atoms with Gasteiger partial charge in [0.25, 0.3) is 0 Å². The van der Waals surface area contributed by atoms with Gasteiger partial charge in [0.05, 0.1) is 18.3 Å². The first-order chi connectivity index (χ1) is 11.8. The molecule has 7 nitrogen and oxygen atoms in total. The second kappa shape index (κ2) is 6.52. The quantitative estimate of drug-likeness (QED) is 0.749. The SMILES string of the molecule is Cn1nccc1C(NCc1noc(C2CCC2)n1)c1cccnc1. The molecule has 0 amide bonds. The summed E-state index contributed by atoms with van der Waals surface area (Å²) in [6.45, 7) is 0.529. The van der Waals surface area contributed by atoms with Crippen LogP contribution in [-0.4, -0.2) is 24.9 Å². The fourth-order valence-electron chi connectivity index (χ4n) is 2.96. The molecule has 1 saturated carbocycles. The lowest BCUT2D eigenvalue weighted by atomic mass is 9.85. The molecular weight excluding hydrogens is 304 g/mol. The predicted molar refractivity (Wildman–Crippen MR) is 87.0 cm³/mol. The van der Waals surface area contributed by atoms with Gasteiger partial charge in [-0.15, -0.1) is 0 Å². The van der Waals surface area contributed by atoms with Crippen molar-refractivity contribution < 1.29 is 4.52 Å². The van der Waals surface area contributed by atoms with Crippen LogP contribution in [0.5, 0.6) is 0 Å². The van der Waals surface area contributed by atoms with Crippen molar-refractivity contribution in [3.63, 3.8) is 0 Å². The molecule has 124 valence electrons. The predicted octanol–water partition coefficient (Wildman–Crippen LogP) is 2.34. The van der Waals surface area contributed by atoms with E-state index in [2.05, 4.69) is 25.5 Å². The van der Waals surface area contributed by atoms with Crippen LogP contribution >= 0.6 is 0 Å². The molecule has 0 aromatic carbocycles. The molecule has 0 radical (unpaired) electrons. The average Bonchev–Trinajstić information content (AvgIpc) is 3.17. The van der Waals surface area contributed by atoms with Gasteiger partial charge in [-0.2, -0.15) is 10.1 Å². The summed E-state index contributed by atoms with van der Waals surface area (Å²) in [5.74, 6) is 1.92. The highest BCUT2D eigenvalue weighted by atomic mass is 16.5. The molecule has 24 heavy (non-hydrogen) atoms. The van der Waals surface area contributed by atoms with Gasteiger partial charge in [0.2, 0.25) is 5.89 Å². The van der Waals surface area contributed by atoms with Crippen molar-refractivity contribution in [3.8, 4) is 0 Å². The molecule has 1 N–H and O–H groups in total. The van der Waals surface area contributed by atoms with E-state index in [9.17, 15) is 0 Å². The van der Waals surface area contributed by atoms with Crippen LogP contribution < -0.4 is 5.32 Å². The lowest BCUT2D eigenvalue weighted by molar-refractivity contribution is 0.290. The summed E-state index contributed by atoms with van der Waals surface area (Å²) in [5, 5.41) is 11.9. The first kappa shape index (κ1) is 15.0. The van der Waals surface area contributed by atoms with Crippen molar-refractivity contribution >= 4 is 0 Å². The van der Waals surface area contributed by atoms with E-state index < -0.39 is 0 Å². The Labute approximate surface area is 140 Å². The van der Waals surface area contributed by atoms with Gasteiger partial charge in [0.15, 0.2) is 5.82 Å². The summed E-state index contributed by atoms with van der Waals surface area (Å²) in [4.78, 5) is 8.75. The summed E-state index contributed by atoms with van der Waals surface area (Å²) in [6, 6.07) is 5.95. The summed E-state index contributed by atoms with van der Waals surface area (Å²) in [5.41, 5.74) is 2.13. The molecule has 1 fully saturated rings. The number of hydrogen-bond donors (Lipinski definition) is 1. The first-order valence-electron chi connectivity index (χ1n) is 8.25. The van der Waals surface area contributed by atoms with Crippen LogP contribution in [0, 0.1) is 0 Å². The van der Waals surface area contributed by atoms with E-state index in [4.69, 9.17) is 4.52 Å². The van der Waals surface area contributed by atoms with Crippen molar-refractivity contribution in [1.82, 2.24) is 30.2 Å². The van der Waals surface area contributed by atoms with Gasteiger partial charge < -0.3 is 4.52 Å². The van der Waals surface area contributed by atoms with Crippen LogP contribution in [0.4, 0.5) is 0 Å². The number of aromatic nitrogens is 5. The normalized spacial score (nSPS) is 16.0. The van der Waals surface area contributed by atoms with Crippen molar-refractivity contribution in [2.24, 2.45) is 7.05 Å². The Hall–Kier alpha value is -2.54. The van der Waals surface area contributed by atoms with Crippen LogP contribution in [-0.2, 0) is 13.6 Å². The highest BCUT2D eigenvalue weighted by Gasteiger charge is 2.25. The average molecular weight is 324 g/mol. The molecular formula is C17H20N6O. The minimum absolute atomic E-state index is 0.0307. The fraction of sp³-hybridized carbons (Fsp3) is 0.412. The smallest absolute Gasteiger partial charge is 0.229 e. The van der Waals surface area contributed by atoms with Crippen molar-refractivity contribution in [2.75, 3.05) is 0 Å². The Balaban J connectivity index is 1.52. The number of hydrogen-bond acceptors (Lipinski definition) is 6. The second-order valence-corrected chi connectivity index (χ2v) is 6.16. The van der Waals surface area contributed by atoms with E-state index in [1.807, 2.05) is 36.1 Å². The van der Waals surface area contributed by atoms with Crippen LogP contribution in [0.2, 0.25) is 0 Å². The molecule has 0 aliphatic heterocycles. The lowest BCUT2D eigenvalue weighted by Crippen LogP contribution is -2.25. The van der Waals surface area contributed by atoms with Gasteiger partial charge in [-0.3, -0.25) is 15.0 Å². The maximum atomic E-state index is 5.39. The number of nitrogens with one attached hydrogen (secondary N) is 1. The zero-order chi connectivity index (χ0) is 16.4. The van der Waals surface area contributed by atoms with E-state index in [0.717, 1.165) is 30.0 Å². The van der Waals surface area contributed by atoms with Crippen molar-refractivity contribution in [3.05, 3.63) is 59.8 Å². The van der Waals surface area contributed by atoms with Crippen molar-refractivity contribution in [1.29, 1.82) is 0 Å². The molecule has 3 heterocycles. The van der Waals surface area contributed by atoms with Gasteiger partial charge in [0.1, 0.15) is 0 Å². The summed E-state index contributed by atoms with van der Waals surface area (Å²) < 4.78 is 7.25. The van der Waals surface area contributed by atoms with E-state index in [0.29, 0.717) is 18.3 Å². The molecule has 3 aromatic rings. The topological polar surface area (TPSA) is 81.7 Å². The molecule has 1 aliphatic carbocycles. The second-order valence-electron chi connectivity index (χ2n) is 6.16. The lowest BCUT2D eigenvalue weighted by Gasteiger charge is -2.20. The standard InChI is InChI=1S/C17H20N6O/c1-23-14(7-9-20-23)16(13-6-3-8-18-10-13)19-11-15-21-17(24-22-15)12-4-2-5-12/h3,6-10,12,16,19H,2,4-5,11H2,1H3. The van der Waals surface area contributed by atoms with Crippen LogP contribution in [0.3, 0.4) is 0 Å². The zero-order valence-corrected chi connectivity index (χ0v) is 13.6. The Bertz CT molecular complexity index is 792. The maximum Gasteiger partial charge on any atom is 0.229 e. The summed E-state index contributed by atoms with van der Waals surface area (Å²) >= 11 is 0. The number of rotatable bonds is 6. The van der Waals surface area contributed by atoms with E-state index in [-0.39, 0.29) is 6.04 Å². The zero-order valence-electron chi connectivity index (χ0n) is 13.6. The molecule has 1 unspecified atom stereocenters. The maximum absolute atomic E-state index is 5.39. The molecule has 0 spiro atoms. The Morgan fingerprint density at radius 3 is 2.92 bits per heavy atom. The highest BCUT2D eigenvalue weighted by Crippen LogP contribution is 2.35. The Morgan fingerprint density at radius 2 is 2.25 bits per heavy atom. The van der Waals surface area contributed by atoms with E-state index in [1.54, 1.807) is 12.4 Å². The van der Waals surface area contributed by atoms with E-state index in [1.165, 1.54) is 6.42 Å². The molecule has 7 heteroatoms. The fourth-order valence-corrected chi connectivity index (χ4v) is 2.96. The Kier molecular flexibility index (Phi) is 4.08. The van der Waals surface area contributed by atoms with Gasteiger partial charge >= 0.3 is 0 Å². The summed E-state index contributed by atoms with van der Waals surface area (Å²) in [6.07, 6.45) is 8.99. The molecule has 1 aliphatic rings. The van der Waals surface area contributed by atoms with Crippen LogP contribution in [0.1, 0.15) is 54.2 Å². The van der Waals surface area contributed by atoms with Crippen molar-refractivity contribution in [2.45, 2.75) is 37.8 Å². The highest BCUT2D eigenvalue weighted by molar-refractivity contribution is 5.25. The van der Waals surface area contributed by atoms with Gasteiger partial charge in [-0.25, -0.2) is 0 Å². The van der Waals surface area contributed by atoms with Gasteiger partial charge in [-0.05, 0) is 30.5 Å². The minimum Gasteiger partial charge on any atom is -0.339 e. The van der Waals surface area contributed by atoms with Gasteiger partial charge in [0, 0.05) is 31.6 Å². The molecule has 1 atom stereocenters. The van der Waals surface area contributed by atoms with Crippen LogP contribution in [0.25, 0.3) is 0 Å². The molecule has 0 bridgehead atoms. The number of nitrogens with zero attached hydrogens (tertiary/aromatic N) is 5. The Morgan fingerprint density at radius 1 is 1.33 bits per heavy atom. The van der Waals surface area contributed by atoms with Crippen LogP contribution in [0.15, 0.2) is 41.3 Å². The number of pyridine rings is 1. The third-order valence-corrected chi connectivity index (χ3v) is 4.57. The first-order valence-corrected chi connectivity index (χ1v) is 8.25. The molecule has 3 aromatic heterocycles. The number of aryl methyl sites for hydroxylation is 1. The molecule has 0 saturated heterocycles. The summed E-state index contributed by atoms with van der Waals surface area (Å²) in [7, 11) is 1.93. The van der Waals surface area contributed by atoms with Gasteiger partial charge in [-0.1, -0.05) is 17.6 Å². The monoisotopic (exact) mass is 324 g/mol.